The van der Waals surface area contributed by atoms with E-state index in [1.54, 1.807) is 0 Å². The summed E-state index contributed by atoms with van der Waals surface area (Å²) in [6.07, 6.45) is 1.13. The highest BCUT2D eigenvalue weighted by atomic mass is 15.0. The highest BCUT2D eigenvalue weighted by Crippen LogP contribution is 2.34. The van der Waals surface area contributed by atoms with Crippen LogP contribution in [0.2, 0.25) is 0 Å². The van der Waals surface area contributed by atoms with Crippen molar-refractivity contribution in [3.8, 4) is 0 Å². The number of fused-ring (bicyclic) bond motifs is 3. The first-order valence-corrected chi connectivity index (χ1v) is 7.71. The molecule has 0 spiro atoms. The lowest BCUT2D eigenvalue weighted by Crippen LogP contribution is -2.25. The van der Waals surface area contributed by atoms with E-state index < -0.39 is 0 Å². The average Bonchev–Trinajstić information content (AvgIpc) is 2.79. The maximum Gasteiger partial charge on any atom is 0.0732 e. The van der Waals surface area contributed by atoms with Gasteiger partial charge in [-0.2, -0.15) is 0 Å². The highest BCUT2D eigenvalue weighted by Gasteiger charge is 2.25. The fourth-order valence-electron chi connectivity index (χ4n) is 3.46. The van der Waals surface area contributed by atoms with Gasteiger partial charge in [0.25, 0.3) is 0 Å². The van der Waals surface area contributed by atoms with E-state index in [-0.39, 0.29) is 6.04 Å². The summed E-state index contributed by atoms with van der Waals surface area (Å²) in [7, 11) is 0. The Morgan fingerprint density at radius 2 is 1.71 bits per heavy atom. The smallest absolute Gasteiger partial charge is 0.0732 e. The van der Waals surface area contributed by atoms with Crippen molar-refractivity contribution >= 4 is 10.9 Å². The number of hydrogen-bond donors (Lipinski definition) is 2. The van der Waals surface area contributed by atoms with Gasteiger partial charge in [0.1, 0.15) is 0 Å². The zero-order valence-corrected chi connectivity index (χ0v) is 12.3. The second kappa shape index (κ2) is 5.05. The van der Waals surface area contributed by atoms with Crippen LogP contribution in [0.15, 0.2) is 54.6 Å². The molecule has 0 saturated carbocycles. The summed E-state index contributed by atoms with van der Waals surface area (Å²) in [6.45, 7) is 3.38. The molecule has 0 aliphatic carbocycles. The Kier molecular flexibility index (Phi) is 3.04. The fourth-order valence-corrected chi connectivity index (χ4v) is 3.46. The third-order valence-corrected chi connectivity index (χ3v) is 4.49. The van der Waals surface area contributed by atoms with Crippen molar-refractivity contribution in [3.05, 3.63) is 71.4 Å². The second-order valence-electron chi connectivity index (χ2n) is 6.12. The third-order valence-electron chi connectivity index (χ3n) is 4.49. The molecule has 2 heterocycles. The molecule has 0 amide bonds. The predicted molar refractivity (Wildman–Crippen MR) is 87.5 cm³/mol. The SMILES string of the molecule is CC1CNC(c2ccccc2)c2[nH]c3ccccc3c2C1. The number of rotatable bonds is 1. The maximum atomic E-state index is 3.73. The monoisotopic (exact) mass is 276 g/mol. The number of hydrogen-bond acceptors (Lipinski definition) is 1. The fraction of sp³-hybridized carbons (Fsp3) is 0.263. The van der Waals surface area contributed by atoms with Crippen LogP contribution in [-0.2, 0) is 6.42 Å². The van der Waals surface area contributed by atoms with Crippen LogP contribution in [0.1, 0.15) is 29.8 Å². The van der Waals surface area contributed by atoms with Crippen LogP contribution in [-0.4, -0.2) is 11.5 Å². The molecular formula is C19H20N2. The van der Waals surface area contributed by atoms with E-state index in [4.69, 9.17) is 0 Å². The standard InChI is InChI=1S/C19H20N2/c1-13-11-16-15-9-5-6-10-17(15)21-19(16)18(20-12-13)14-7-3-2-4-8-14/h2-10,13,18,20-21H,11-12H2,1H3. The molecular weight excluding hydrogens is 256 g/mol. The molecule has 106 valence electrons. The van der Waals surface area contributed by atoms with Crippen molar-refractivity contribution in [1.29, 1.82) is 0 Å². The molecule has 2 N–H and O–H groups in total. The van der Waals surface area contributed by atoms with Crippen molar-refractivity contribution in [2.45, 2.75) is 19.4 Å². The summed E-state index contributed by atoms with van der Waals surface area (Å²) >= 11 is 0. The van der Waals surface area contributed by atoms with Gasteiger partial charge in [0, 0.05) is 16.6 Å². The van der Waals surface area contributed by atoms with Gasteiger partial charge >= 0.3 is 0 Å². The van der Waals surface area contributed by atoms with Crippen LogP contribution in [0.4, 0.5) is 0 Å². The van der Waals surface area contributed by atoms with E-state index in [0.29, 0.717) is 5.92 Å². The van der Waals surface area contributed by atoms with Crippen LogP contribution >= 0.6 is 0 Å². The number of H-pyrrole nitrogens is 1. The van der Waals surface area contributed by atoms with Crippen LogP contribution in [0.3, 0.4) is 0 Å². The minimum absolute atomic E-state index is 0.263. The Labute approximate surface area is 125 Å². The largest absolute Gasteiger partial charge is 0.357 e. The van der Waals surface area contributed by atoms with E-state index in [1.165, 1.54) is 27.7 Å². The lowest BCUT2D eigenvalue weighted by atomic mass is 9.97. The molecule has 2 aromatic carbocycles. The quantitative estimate of drug-likeness (QED) is 0.690. The molecule has 1 aromatic heterocycles. The number of nitrogens with one attached hydrogen (secondary N) is 2. The zero-order valence-electron chi connectivity index (χ0n) is 12.3. The van der Waals surface area contributed by atoms with Gasteiger partial charge in [0.15, 0.2) is 0 Å². The first kappa shape index (κ1) is 12.7. The van der Waals surface area contributed by atoms with Gasteiger partial charge in [-0.1, -0.05) is 55.5 Å². The molecule has 0 radical (unpaired) electrons. The van der Waals surface area contributed by atoms with E-state index in [1.807, 2.05) is 0 Å². The Morgan fingerprint density at radius 1 is 0.952 bits per heavy atom. The number of aromatic amines is 1. The molecule has 2 unspecified atom stereocenters. The first-order chi connectivity index (χ1) is 10.3. The van der Waals surface area contributed by atoms with Crippen LogP contribution < -0.4 is 5.32 Å². The van der Waals surface area contributed by atoms with E-state index in [9.17, 15) is 0 Å². The number of benzene rings is 2. The van der Waals surface area contributed by atoms with Crippen molar-refractivity contribution in [2.75, 3.05) is 6.54 Å². The lowest BCUT2D eigenvalue weighted by Gasteiger charge is -2.17. The summed E-state index contributed by atoms with van der Waals surface area (Å²) in [5.74, 6) is 0.650. The van der Waals surface area contributed by atoms with Gasteiger partial charge in [-0.3, -0.25) is 0 Å². The maximum absolute atomic E-state index is 3.73. The van der Waals surface area contributed by atoms with E-state index in [2.05, 4.69) is 71.8 Å². The minimum Gasteiger partial charge on any atom is -0.357 e. The molecule has 0 bridgehead atoms. The molecule has 21 heavy (non-hydrogen) atoms. The molecule has 4 rings (SSSR count). The summed E-state index contributed by atoms with van der Waals surface area (Å²) < 4.78 is 0. The Morgan fingerprint density at radius 3 is 2.57 bits per heavy atom. The topological polar surface area (TPSA) is 27.8 Å². The lowest BCUT2D eigenvalue weighted by molar-refractivity contribution is 0.505. The van der Waals surface area contributed by atoms with Crippen molar-refractivity contribution < 1.29 is 0 Å². The molecule has 2 heteroatoms. The van der Waals surface area contributed by atoms with Crippen molar-refractivity contribution in [1.82, 2.24) is 10.3 Å². The molecule has 0 saturated heterocycles. The van der Waals surface area contributed by atoms with Gasteiger partial charge in [-0.05, 0) is 36.1 Å². The molecule has 1 aliphatic rings. The van der Waals surface area contributed by atoms with Crippen molar-refractivity contribution in [3.63, 3.8) is 0 Å². The predicted octanol–water partition coefficient (Wildman–Crippen LogP) is 4.04. The van der Waals surface area contributed by atoms with Crippen LogP contribution in [0.5, 0.6) is 0 Å². The molecule has 0 fully saturated rings. The Balaban J connectivity index is 1.92. The molecule has 1 aliphatic heterocycles. The van der Waals surface area contributed by atoms with Gasteiger partial charge < -0.3 is 10.3 Å². The Bertz CT molecular complexity index is 758. The van der Waals surface area contributed by atoms with Crippen molar-refractivity contribution in [2.24, 2.45) is 5.92 Å². The first-order valence-electron chi connectivity index (χ1n) is 7.71. The highest BCUT2D eigenvalue weighted by molar-refractivity contribution is 5.85. The summed E-state index contributed by atoms with van der Waals surface area (Å²) in [5.41, 5.74) is 5.41. The zero-order chi connectivity index (χ0) is 14.2. The van der Waals surface area contributed by atoms with E-state index >= 15 is 0 Å². The Hall–Kier alpha value is -2.06. The summed E-state index contributed by atoms with van der Waals surface area (Å²) in [6, 6.07) is 19.7. The number of aromatic nitrogens is 1. The minimum atomic E-state index is 0.263. The van der Waals surface area contributed by atoms with Gasteiger partial charge in [-0.15, -0.1) is 0 Å². The van der Waals surface area contributed by atoms with Crippen LogP contribution in [0.25, 0.3) is 10.9 Å². The molecule has 2 nitrogen and oxygen atoms in total. The summed E-state index contributed by atoms with van der Waals surface area (Å²) in [4.78, 5) is 3.66. The van der Waals surface area contributed by atoms with Gasteiger partial charge in [0.05, 0.1) is 6.04 Å². The van der Waals surface area contributed by atoms with Crippen LogP contribution in [0, 0.1) is 5.92 Å². The van der Waals surface area contributed by atoms with E-state index in [0.717, 1.165) is 13.0 Å². The van der Waals surface area contributed by atoms with Gasteiger partial charge in [-0.25, -0.2) is 0 Å². The average molecular weight is 276 g/mol. The summed E-state index contributed by atoms with van der Waals surface area (Å²) in [5, 5.41) is 5.11. The normalized spacial score (nSPS) is 22.0. The second-order valence-corrected chi connectivity index (χ2v) is 6.12. The molecule has 2 atom stereocenters. The third kappa shape index (κ3) is 2.16. The van der Waals surface area contributed by atoms with Gasteiger partial charge in [0.2, 0.25) is 0 Å². The number of para-hydroxylation sites is 1. The molecule has 3 aromatic rings.